The molecule has 6 nitrogen and oxygen atoms in total. The van der Waals surface area contributed by atoms with Gasteiger partial charge in [-0.1, -0.05) is 0 Å². The minimum absolute atomic E-state index is 0.0967. The molecule has 1 aromatic rings. The van der Waals surface area contributed by atoms with Crippen molar-refractivity contribution in [3.63, 3.8) is 0 Å². The zero-order chi connectivity index (χ0) is 13.8. The van der Waals surface area contributed by atoms with Crippen LogP contribution in [-0.2, 0) is 6.54 Å². The molecule has 1 unspecified atom stereocenters. The first-order valence-electron chi connectivity index (χ1n) is 6.44. The van der Waals surface area contributed by atoms with Gasteiger partial charge < -0.3 is 15.3 Å². The molecule has 0 spiro atoms. The second-order valence-electron chi connectivity index (χ2n) is 4.77. The van der Waals surface area contributed by atoms with E-state index in [1.165, 1.54) is 11.1 Å². The summed E-state index contributed by atoms with van der Waals surface area (Å²) in [4.78, 5) is 14.1. The van der Waals surface area contributed by atoms with E-state index in [-0.39, 0.29) is 18.7 Å². The molecule has 7 heteroatoms. The maximum atomic E-state index is 12.0. The predicted octanol–water partition coefficient (Wildman–Crippen LogP) is 0.186. The lowest BCUT2D eigenvalue weighted by molar-refractivity contribution is 0.266. The van der Waals surface area contributed by atoms with Gasteiger partial charge in [-0.15, -0.1) is 0 Å². The smallest absolute Gasteiger partial charge is 0.283 e. The predicted molar refractivity (Wildman–Crippen MR) is 77.6 cm³/mol. The van der Waals surface area contributed by atoms with Gasteiger partial charge >= 0.3 is 0 Å². The summed E-state index contributed by atoms with van der Waals surface area (Å²) in [5.74, 6) is 0. The first kappa shape index (κ1) is 14.5. The monoisotopic (exact) mass is 330 g/mol. The van der Waals surface area contributed by atoms with E-state index in [2.05, 4.69) is 26.3 Å². The summed E-state index contributed by atoms with van der Waals surface area (Å²) in [5, 5.41) is 16.4. The van der Waals surface area contributed by atoms with E-state index in [0.717, 1.165) is 25.2 Å². The van der Waals surface area contributed by atoms with E-state index in [4.69, 9.17) is 5.11 Å². The summed E-state index contributed by atoms with van der Waals surface area (Å²) >= 11 is 3.33. The summed E-state index contributed by atoms with van der Waals surface area (Å²) in [6.45, 7) is 2.03. The maximum absolute atomic E-state index is 12.0. The van der Waals surface area contributed by atoms with Gasteiger partial charge in [0.15, 0.2) is 0 Å². The number of halogens is 1. The number of nitrogens with one attached hydrogen (secondary N) is 1. The Hall–Kier alpha value is -0.920. The highest BCUT2D eigenvalue weighted by molar-refractivity contribution is 9.10. The van der Waals surface area contributed by atoms with Gasteiger partial charge in [0.25, 0.3) is 5.56 Å². The molecule has 19 heavy (non-hydrogen) atoms. The van der Waals surface area contributed by atoms with Gasteiger partial charge in [-0.05, 0) is 35.3 Å². The molecule has 1 aromatic heterocycles. The first-order chi connectivity index (χ1) is 9.13. The van der Waals surface area contributed by atoms with Crippen molar-refractivity contribution >= 4 is 21.6 Å². The summed E-state index contributed by atoms with van der Waals surface area (Å²) in [6.07, 6.45) is 4.03. The van der Waals surface area contributed by atoms with Crippen LogP contribution in [0.1, 0.15) is 12.8 Å². The van der Waals surface area contributed by atoms with Crippen LogP contribution < -0.4 is 15.8 Å². The molecule has 1 atom stereocenters. The van der Waals surface area contributed by atoms with Gasteiger partial charge in [0.2, 0.25) is 0 Å². The summed E-state index contributed by atoms with van der Waals surface area (Å²) in [7, 11) is 1.96. The van der Waals surface area contributed by atoms with Crippen molar-refractivity contribution in [3.05, 3.63) is 21.0 Å². The fourth-order valence-electron chi connectivity index (χ4n) is 2.32. The Bertz CT molecular complexity index is 485. The number of hydrogen-bond donors (Lipinski definition) is 2. The molecule has 0 aliphatic carbocycles. The number of hydrogen-bond acceptors (Lipinski definition) is 5. The summed E-state index contributed by atoms with van der Waals surface area (Å²) in [5.41, 5.74) is 0.575. The highest BCUT2D eigenvalue weighted by atomic mass is 79.9. The summed E-state index contributed by atoms with van der Waals surface area (Å²) in [6, 6.07) is 0.469. The Morgan fingerprint density at radius 2 is 2.47 bits per heavy atom. The molecule has 1 fully saturated rings. The average molecular weight is 331 g/mol. The topological polar surface area (TPSA) is 70.4 Å². The number of aliphatic hydroxyl groups excluding tert-OH is 1. The molecule has 0 saturated carbocycles. The lowest BCUT2D eigenvalue weighted by Gasteiger charge is -2.24. The minimum Gasteiger partial charge on any atom is -0.394 e. The van der Waals surface area contributed by atoms with Crippen molar-refractivity contribution in [2.24, 2.45) is 0 Å². The zero-order valence-corrected chi connectivity index (χ0v) is 12.6. The zero-order valence-electron chi connectivity index (χ0n) is 11.0. The third-order valence-electron chi connectivity index (χ3n) is 3.35. The van der Waals surface area contributed by atoms with Crippen LogP contribution >= 0.6 is 15.9 Å². The van der Waals surface area contributed by atoms with Crippen molar-refractivity contribution < 1.29 is 5.11 Å². The Kier molecular flexibility index (Phi) is 4.95. The van der Waals surface area contributed by atoms with Crippen LogP contribution in [0.25, 0.3) is 0 Å². The molecule has 0 radical (unpaired) electrons. The lowest BCUT2D eigenvalue weighted by atomic mass is 10.2. The molecular formula is C12H19BrN4O2. The van der Waals surface area contributed by atoms with Crippen molar-refractivity contribution in [2.75, 3.05) is 31.6 Å². The van der Waals surface area contributed by atoms with Gasteiger partial charge in [-0.25, -0.2) is 4.68 Å². The third kappa shape index (κ3) is 3.34. The van der Waals surface area contributed by atoms with E-state index < -0.39 is 0 Å². The van der Waals surface area contributed by atoms with Gasteiger partial charge in [-0.2, -0.15) is 5.10 Å². The molecule has 2 N–H and O–H groups in total. The highest BCUT2D eigenvalue weighted by Crippen LogP contribution is 2.21. The summed E-state index contributed by atoms with van der Waals surface area (Å²) < 4.78 is 1.76. The molecule has 1 aliphatic heterocycles. The van der Waals surface area contributed by atoms with E-state index >= 15 is 0 Å². The SMILES string of the molecule is CN(CC1CCCN1)c1cnn(CCO)c(=O)c1Br. The van der Waals surface area contributed by atoms with E-state index in [1.807, 2.05) is 11.9 Å². The first-order valence-corrected chi connectivity index (χ1v) is 7.23. The van der Waals surface area contributed by atoms with Crippen molar-refractivity contribution in [1.82, 2.24) is 15.1 Å². The number of aromatic nitrogens is 2. The lowest BCUT2D eigenvalue weighted by Crippen LogP contribution is -2.36. The third-order valence-corrected chi connectivity index (χ3v) is 4.09. The van der Waals surface area contributed by atoms with Crippen LogP contribution in [0, 0.1) is 0 Å². The quantitative estimate of drug-likeness (QED) is 0.806. The number of nitrogens with zero attached hydrogens (tertiary/aromatic N) is 3. The number of likely N-dealkylation sites (N-methyl/N-ethyl adjacent to an activating group) is 1. The van der Waals surface area contributed by atoms with Crippen molar-refractivity contribution in [3.8, 4) is 0 Å². The van der Waals surface area contributed by atoms with Crippen molar-refractivity contribution in [2.45, 2.75) is 25.4 Å². The fraction of sp³-hybridized carbons (Fsp3) is 0.667. The number of rotatable bonds is 5. The van der Waals surface area contributed by atoms with Gasteiger partial charge in [0.05, 0.1) is 25.0 Å². The van der Waals surface area contributed by atoms with Crippen LogP contribution in [0.3, 0.4) is 0 Å². The Morgan fingerprint density at radius 1 is 1.68 bits per heavy atom. The van der Waals surface area contributed by atoms with E-state index in [1.54, 1.807) is 6.20 Å². The Balaban J connectivity index is 2.15. The highest BCUT2D eigenvalue weighted by Gasteiger charge is 2.18. The van der Waals surface area contributed by atoms with E-state index in [9.17, 15) is 4.79 Å². The van der Waals surface area contributed by atoms with Crippen LogP contribution in [0.5, 0.6) is 0 Å². The van der Waals surface area contributed by atoms with Crippen molar-refractivity contribution in [1.29, 1.82) is 0 Å². The second-order valence-corrected chi connectivity index (χ2v) is 5.56. The number of anilines is 1. The average Bonchev–Trinajstić information content (AvgIpc) is 2.88. The van der Waals surface area contributed by atoms with Gasteiger partial charge in [0, 0.05) is 19.6 Å². The standard InChI is InChI=1S/C12H19BrN4O2/c1-16(8-9-3-2-4-14-9)10-7-15-17(5-6-18)12(19)11(10)13/h7,9,14,18H,2-6,8H2,1H3. The molecule has 0 aromatic carbocycles. The Labute approximate surface area is 120 Å². The normalized spacial score (nSPS) is 18.8. The molecule has 0 amide bonds. The van der Waals surface area contributed by atoms with Crippen LogP contribution in [0.2, 0.25) is 0 Å². The van der Waals surface area contributed by atoms with Gasteiger partial charge in [-0.3, -0.25) is 4.79 Å². The molecule has 2 heterocycles. The second kappa shape index (κ2) is 6.49. The molecule has 1 saturated heterocycles. The molecule has 2 rings (SSSR count). The molecule has 0 bridgehead atoms. The van der Waals surface area contributed by atoms with Crippen LogP contribution in [-0.4, -0.2) is 47.7 Å². The van der Waals surface area contributed by atoms with Gasteiger partial charge in [0.1, 0.15) is 4.47 Å². The Morgan fingerprint density at radius 3 is 3.11 bits per heavy atom. The van der Waals surface area contributed by atoms with Crippen LogP contribution in [0.4, 0.5) is 5.69 Å². The van der Waals surface area contributed by atoms with Crippen LogP contribution in [0.15, 0.2) is 15.5 Å². The maximum Gasteiger partial charge on any atom is 0.283 e. The number of aliphatic hydroxyl groups is 1. The van der Waals surface area contributed by atoms with E-state index in [0.29, 0.717) is 10.5 Å². The molecule has 106 valence electrons. The fourth-order valence-corrected chi connectivity index (χ4v) is 2.93. The molecule has 1 aliphatic rings. The molecular weight excluding hydrogens is 312 g/mol. The largest absolute Gasteiger partial charge is 0.394 e. The minimum atomic E-state index is -0.210.